The SMILES string of the molecule is CCCCCCCCCCCCCCCCCCCCCCCC/C=C/C(O)C(CO)NC(=O)CCCCCCCCCCCCCCCCCCCCCCCCCCCCCCCCCCCCCCC. The average molecular weight is 1030 g/mol. The quantitative estimate of drug-likeness (QED) is 0.0420. The monoisotopic (exact) mass is 1030 g/mol. The van der Waals surface area contributed by atoms with Crippen LogP contribution in [0.4, 0.5) is 0 Å². The van der Waals surface area contributed by atoms with Crippen molar-refractivity contribution in [2.75, 3.05) is 6.61 Å². The fraction of sp³-hybridized carbons (Fsp3) is 0.957. The van der Waals surface area contributed by atoms with E-state index in [4.69, 9.17) is 0 Å². The lowest BCUT2D eigenvalue weighted by Crippen LogP contribution is -2.45. The Kier molecular flexibility index (Phi) is 64.6. The molecular formula is C69H137NO3. The molecule has 0 heterocycles. The van der Waals surface area contributed by atoms with E-state index in [1.807, 2.05) is 6.08 Å². The van der Waals surface area contributed by atoms with Gasteiger partial charge < -0.3 is 15.5 Å². The maximum absolute atomic E-state index is 12.5. The van der Waals surface area contributed by atoms with Gasteiger partial charge in [0.05, 0.1) is 18.8 Å². The largest absolute Gasteiger partial charge is 0.394 e. The van der Waals surface area contributed by atoms with E-state index in [1.54, 1.807) is 6.08 Å². The van der Waals surface area contributed by atoms with Crippen molar-refractivity contribution in [3.05, 3.63) is 12.2 Å². The normalized spacial score (nSPS) is 12.7. The molecule has 0 aliphatic rings. The van der Waals surface area contributed by atoms with Crippen LogP contribution in [-0.4, -0.2) is 34.9 Å². The minimum Gasteiger partial charge on any atom is -0.394 e. The van der Waals surface area contributed by atoms with Crippen LogP contribution in [0, 0.1) is 0 Å². The maximum atomic E-state index is 12.5. The Morgan fingerprint density at radius 3 is 0.712 bits per heavy atom. The van der Waals surface area contributed by atoms with Gasteiger partial charge >= 0.3 is 0 Å². The van der Waals surface area contributed by atoms with Crippen LogP contribution in [0.3, 0.4) is 0 Å². The van der Waals surface area contributed by atoms with E-state index < -0.39 is 12.1 Å². The Labute approximate surface area is 460 Å². The second kappa shape index (κ2) is 65.4. The number of allylic oxidation sites excluding steroid dienone is 1. The number of hydrogen-bond donors (Lipinski definition) is 3. The third-order valence-corrected chi connectivity index (χ3v) is 16.5. The summed E-state index contributed by atoms with van der Waals surface area (Å²) in [6.07, 6.45) is 87.3. The number of nitrogens with one attached hydrogen (secondary N) is 1. The Bertz CT molecular complexity index is 1030. The van der Waals surface area contributed by atoms with E-state index in [0.717, 1.165) is 25.7 Å². The molecule has 73 heavy (non-hydrogen) atoms. The van der Waals surface area contributed by atoms with Gasteiger partial charge in [0.25, 0.3) is 0 Å². The zero-order valence-electron chi connectivity index (χ0n) is 50.5. The van der Waals surface area contributed by atoms with E-state index in [9.17, 15) is 15.0 Å². The molecule has 0 rings (SSSR count). The highest BCUT2D eigenvalue weighted by Gasteiger charge is 2.18. The van der Waals surface area contributed by atoms with Crippen molar-refractivity contribution in [3.8, 4) is 0 Å². The molecule has 0 spiro atoms. The van der Waals surface area contributed by atoms with E-state index in [2.05, 4.69) is 19.2 Å². The fourth-order valence-electron chi connectivity index (χ4n) is 11.3. The minimum atomic E-state index is -0.837. The first-order valence-electron chi connectivity index (χ1n) is 34.4. The van der Waals surface area contributed by atoms with Gasteiger partial charge in [0.15, 0.2) is 0 Å². The lowest BCUT2D eigenvalue weighted by molar-refractivity contribution is -0.123. The molecule has 2 unspecified atom stereocenters. The average Bonchev–Trinajstić information content (AvgIpc) is 3.40. The van der Waals surface area contributed by atoms with Gasteiger partial charge in [-0.25, -0.2) is 0 Å². The van der Waals surface area contributed by atoms with Gasteiger partial charge in [-0.3, -0.25) is 4.79 Å². The summed E-state index contributed by atoms with van der Waals surface area (Å²) in [5, 5.41) is 23.3. The Morgan fingerprint density at radius 2 is 0.507 bits per heavy atom. The first kappa shape index (κ1) is 72.1. The van der Waals surface area contributed by atoms with Gasteiger partial charge in [-0.05, 0) is 19.3 Å². The lowest BCUT2D eigenvalue weighted by atomic mass is 10.0. The molecule has 0 aliphatic heterocycles. The van der Waals surface area contributed by atoms with E-state index >= 15 is 0 Å². The summed E-state index contributed by atoms with van der Waals surface area (Å²) in [6.45, 7) is 4.37. The molecule has 4 nitrogen and oxygen atoms in total. The summed E-state index contributed by atoms with van der Waals surface area (Å²) in [6, 6.07) is -0.619. The number of aliphatic hydroxyl groups is 2. The summed E-state index contributed by atoms with van der Waals surface area (Å²) < 4.78 is 0. The highest BCUT2D eigenvalue weighted by atomic mass is 16.3. The van der Waals surface area contributed by atoms with Gasteiger partial charge in [-0.1, -0.05) is 392 Å². The van der Waals surface area contributed by atoms with Crippen LogP contribution in [0.5, 0.6) is 0 Å². The van der Waals surface area contributed by atoms with Crippen LogP contribution in [0.1, 0.15) is 406 Å². The third-order valence-electron chi connectivity index (χ3n) is 16.5. The highest BCUT2D eigenvalue weighted by Crippen LogP contribution is 2.20. The Balaban J connectivity index is 3.37. The predicted octanol–water partition coefficient (Wildman–Crippen LogP) is 23.2. The molecule has 0 radical (unpaired) electrons. The molecular weight excluding hydrogens is 891 g/mol. The van der Waals surface area contributed by atoms with Crippen molar-refractivity contribution >= 4 is 5.91 Å². The van der Waals surface area contributed by atoms with Gasteiger partial charge in [-0.2, -0.15) is 0 Å². The number of unbranched alkanes of at least 4 members (excludes halogenated alkanes) is 58. The van der Waals surface area contributed by atoms with Crippen LogP contribution in [-0.2, 0) is 4.79 Å². The zero-order valence-corrected chi connectivity index (χ0v) is 50.5. The molecule has 2 atom stereocenters. The number of carbonyl (C=O) groups excluding carboxylic acids is 1. The first-order valence-corrected chi connectivity index (χ1v) is 34.4. The fourth-order valence-corrected chi connectivity index (χ4v) is 11.3. The molecule has 0 aromatic carbocycles. The second-order valence-electron chi connectivity index (χ2n) is 24.0. The summed E-state index contributed by atoms with van der Waals surface area (Å²) in [5.74, 6) is -0.0533. The second-order valence-corrected chi connectivity index (χ2v) is 24.0. The summed E-state index contributed by atoms with van der Waals surface area (Å²) in [4.78, 5) is 12.5. The van der Waals surface area contributed by atoms with E-state index in [0.29, 0.717) is 6.42 Å². The highest BCUT2D eigenvalue weighted by molar-refractivity contribution is 5.76. The molecule has 0 aliphatic carbocycles. The van der Waals surface area contributed by atoms with Gasteiger partial charge in [0.2, 0.25) is 5.91 Å². The zero-order chi connectivity index (χ0) is 52.7. The van der Waals surface area contributed by atoms with E-state index in [1.165, 1.54) is 360 Å². The number of amides is 1. The van der Waals surface area contributed by atoms with Gasteiger partial charge in [0, 0.05) is 6.42 Å². The molecule has 0 aromatic heterocycles. The van der Waals surface area contributed by atoms with Crippen molar-refractivity contribution < 1.29 is 15.0 Å². The number of aliphatic hydroxyl groups excluding tert-OH is 2. The molecule has 0 bridgehead atoms. The molecule has 1 amide bonds. The van der Waals surface area contributed by atoms with Crippen LogP contribution < -0.4 is 5.32 Å². The van der Waals surface area contributed by atoms with Crippen molar-refractivity contribution in [2.24, 2.45) is 0 Å². The third kappa shape index (κ3) is 61.9. The first-order chi connectivity index (χ1) is 36.2. The Hall–Kier alpha value is -0.870. The smallest absolute Gasteiger partial charge is 0.220 e. The molecule has 4 heteroatoms. The lowest BCUT2D eigenvalue weighted by Gasteiger charge is -2.20. The Morgan fingerprint density at radius 1 is 0.315 bits per heavy atom. The number of rotatable bonds is 65. The summed E-state index contributed by atoms with van der Waals surface area (Å²) >= 11 is 0. The van der Waals surface area contributed by atoms with Crippen molar-refractivity contribution in [1.29, 1.82) is 0 Å². The molecule has 3 N–H and O–H groups in total. The number of carbonyl (C=O) groups is 1. The standard InChI is InChI=1S/C69H137NO3/c1-3-5-7-9-11-13-15-17-19-21-23-25-27-29-30-31-32-33-34-35-36-37-38-39-40-41-43-45-47-49-51-53-55-57-59-61-63-65-69(73)70-67(66-71)68(72)64-62-60-58-56-54-52-50-48-46-44-42-28-26-24-22-20-18-16-14-12-10-8-6-4-2/h62,64,67-68,71-72H,3-61,63,65-66H2,1-2H3,(H,70,73)/b64-62+. The topological polar surface area (TPSA) is 69.6 Å². The predicted molar refractivity (Wildman–Crippen MR) is 327 cm³/mol. The summed E-state index contributed by atoms with van der Waals surface area (Å²) in [7, 11) is 0. The van der Waals surface area contributed by atoms with Crippen molar-refractivity contribution in [3.63, 3.8) is 0 Å². The molecule has 0 fully saturated rings. The summed E-state index contributed by atoms with van der Waals surface area (Å²) in [5.41, 5.74) is 0. The van der Waals surface area contributed by atoms with Crippen molar-refractivity contribution in [1.82, 2.24) is 5.32 Å². The van der Waals surface area contributed by atoms with Crippen LogP contribution >= 0.6 is 0 Å². The maximum Gasteiger partial charge on any atom is 0.220 e. The van der Waals surface area contributed by atoms with Crippen molar-refractivity contribution in [2.45, 2.75) is 418 Å². The van der Waals surface area contributed by atoms with Crippen LogP contribution in [0.15, 0.2) is 12.2 Å². The minimum absolute atomic E-state index is 0.0533. The number of hydrogen-bond acceptors (Lipinski definition) is 3. The van der Waals surface area contributed by atoms with E-state index in [-0.39, 0.29) is 12.5 Å². The molecule has 0 saturated carbocycles. The molecule has 0 saturated heterocycles. The van der Waals surface area contributed by atoms with Gasteiger partial charge in [0.1, 0.15) is 0 Å². The molecule has 436 valence electrons. The van der Waals surface area contributed by atoms with Gasteiger partial charge in [-0.15, -0.1) is 0 Å². The van der Waals surface area contributed by atoms with Crippen LogP contribution in [0.25, 0.3) is 0 Å². The van der Waals surface area contributed by atoms with Crippen LogP contribution in [0.2, 0.25) is 0 Å². The molecule has 0 aromatic rings.